The Morgan fingerprint density at radius 3 is 2.41 bits per heavy atom. The highest BCUT2D eigenvalue weighted by Crippen LogP contribution is 2.43. The molecule has 2 heterocycles. The van der Waals surface area contributed by atoms with Gasteiger partial charge >= 0.3 is 0 Å². The molecule has 3 aromatic rings. The molecule has 7 nitrogen and oxygen atoms in total. The lowest BCUT2D eigenvalue weighted by atomic mass is 9.89. The maximum atomic E-state index is 13.5. The van der Waals surface area contributed by atoms with E-state index in [9.17, 15) is 4.79 Å². The lowest BCUT2D eigenvalue weighted by molar-refractivity contribution is -0.122. The first-order chi connectivity index (χ1) is 13.9. The summed E-state index contributed by atoms with van der Waals surface area (Å²) in [7, 11) is 3.16. The molecule has 4 rings (SSSR count). The molecule has 29 heavy (non-hydrogen) atoms. The molecule has 0 amide bonds. The molecule has 2 atom stereocenters. The highest BCUT2D eigenvalue weighted by Gasteiger charge is 2.54. The topological polar surface area (TPSA) is 91.3 Å². The van der Waals surface area contributed by atoms with E-state index in [-0.39, 0.29) is 11.6 Å². The number of para-hydroxylation sites is 2. The quantitative estimate of drug-likeness (QED) is 0.687. The zero-order chi connectivity index (χ0) is 20.8. The van der Waals surface area contributed by atoms with E-state index < -0.39 is 11.5 Å². The summed E-state index contributed by atoms with van der Waals surface area (Å²) in [5, 5.41) is 8.92. The van der Waals surface area contributed by atoms with Gasteiger partial charge in [-0.05, 0) is 25.5 Å². The molecule has 0 saturated carbocycles. The Morgan fingerprint density at radius 2 is 1.83 bits per heavy atom. The Kier molecular flexibility index (Phi) is 4.53. The number of ether oxygens (including phenoxy) is 2. The zero-order valence-electron chi connectivity index (χ0n) is 16.9. The van der Waals surface area contributed by atoms with Crippen LogP contribution in [0.1, 0.15) is 32.0 Å². The lowest BCUT2D eigenvalue weighted by Gasteiger charge is -2.34. The molecule has 150 valence electrons. The third-order valence-electron chi connectivity index (χ3n) is 5.76. The van der Waals surface area contributed by atoms with Crippen LogP contribution in [0.5, 0.6) is 11.5 Å². The number of nitrogens with zero attached hydrogens (tertiary/aromatic N) is 2. The lowest BCUT2D eigenvalue weighted by Crippen LogP contribution is -2.46. The Labute approximate surface area is 169 Å². The number of H-pyrrole nitrogens is 1. The summed E-state index contributed by atoms with van der Waals surface area (Å²) in [6, 6.07) is 13.0. The van der Waals surface area contributed by atoms with Crippen molar-refractivity contribution in [3.8, 4) is 11.5 Å². The predicted molar refractivity (Wildman–Crippen MR) is 112 cm³/mol. The third kappa shape index (κ3) is 2.85. The van der Waals surface area contributed by atoms with Gasteiger partial charge in [-0.1, -0.05) is 19.1 Å². The number of fused-ring (bicyclic) bond motifs is 1. The molecule has 7 heteroatoms. The molecule has 0 spiro atoms. The second kappa shape index (κ2) is 6.92. The van der Waals surface area contributed by atoms with Crippen LogP contribution in [-0.4, -0.2) is 41.3 Å². The van der Waals surface area contributed by atoms with Crippen molar-refractivity contribution < 1.29 is 14.3 Å². The van der Waals surface area contributed by atoms with Crippen molar-refractivity contribution in [3.05, 3.63) is 48.3 Å². The van der Waals surface area contributed by atoms with Crippen molar-refractivity contribution in [2.24, 2.45) is 0 Å². The maximum Gasteiger partial charge on any atom is 0.176 e. The first kappa shape index (κ1) is 19.0. The summed E-state index contributed by atoms with van der Waals surface area (Å²) in [5.41, 5.74) is 1.44. The fourth-order valence-electron chi connectivity index (χ4n) is 3.98. The molecule has 1 saturated heterocycles. The van der Waals surface area contributed by atoms with Gasteiger partial charge in [0.1, 0.15) is 34.6 Å². The summed E-state index contributed by atoms with van der Waals surface area (Å²) >= 11 is 0. The normalized spacial score (nSPS) is 21.8. The largest absolute Gasteiger partial charge is 0.497 e. The average molecular weight is 392 g/mol. The van der Waals surface area contributed by atoms with Crippen LogP contribution in [0, 0.1) is 5.41 Å². The van der Waals surface area contributed by atoms with E-state index in [0.29, 0.717) is 29.4 Å². The van der Waals surface area contributed by atoms with Crippen LogP contribution in [0.15, 0.2) is 42.5 Å². The number of amidine groups is 1. The number of carbonyl (C=O) groups is 1. The first-order valence-electron chi connectivity index (χ1n) is 9.53. The molecule has 1 fully saturated rings. The maximum absolute atomic E-state index is 13.5. The van der Waals surface area contributed by atoms with Crippen LogP contribution in [-0.2, 0) is 4.79 Å². The van der Waals surface area contributed by atoms with E-state index in [2.05, 4.69) is 9.97 Å². The fraction of sp³-hybridized carbons (Fsp3) is 0.318. The summed E-state index contributed by atoms with van der Waals surface area (Å²) in [5.74, 6) is 1.08. The highest BCUT2D eigenvalue weighted by molar-refractivity contribution is 6.26. The molecular formula is C22H24N4O3. The average Bonchev–Trinajstić information content (AvgIpc) is 3.24. The Morgan fingerprint density at radius 1 is 1.17 bits per heavy atom. The minimum absolute atomic E-state index is 0.0501. The van der Waals surface area contributed by atoms with Gasteiger partial charge in [-0.2, -0.15) is 0 Å². The van der Waals surface area contributed by atoms with Gasteiger partial charge in [0, 0.05) is 18.2 Å². The number of Topliss-reactive ketones (excluding diaryl/α,β-unsaturated/α-hetero) is 1. The molecule has 1 aromatic heterocycles. The van der Waals surface area contributed by atoms with Gasteiger partial charge in [-0.15, -0.1) is 0 Å². The molecule has 2 N–H and O–H groups in total. The summed E-state index contributed by atoms with van der Waals surface area (Å²) < 4.78 is 10.8. The minimum Gasteiger partial charge on any atom is -0.497 e. The van der Waals surface area contributed by atoms with Crippen LogP contribution >= 0.6 is 0 Å². The second-order valence-electron chi connectivity index (χ2n) is 7.36. The number of carbonyl (C=O) groups excluding carboxylic acids is 1. The molecule has 1 aliphatic rings. The smallest absolute Gasteiger partial charge is 0.176 e. The first-order valence-corrected chi connectivity index (χ1v) is 9.53. The minimum atomic E-state index is -0.877. The van der Waals surface area contributed by atoms with E-state index in [4.69, 9.17) is 14.9 Å². The number of rotatable bonds is 5. The molecular weight excluding hydrogens is 368 g/mol. The number of ketones is 1. The Hall–Kier alpha value is -3.35. The third-order valence-corrected chi connectivity index (χ3v) is 5.76. The van der Waals surface area contributed by atoms with Gasteiger partial charge in [0.2, 0.25) is 0 Å². The van der Waals surface area contributed by atoms with Crippen molar-refractivity contribution in [3.63, 3.8) is 0 Å². The molecule has 0 radical (unpaired) electrons. The molecule has 2 aromatic carbocycles. The summed E-state index contributed by atoms with van der Waals surface area (Å²) in [6.07, 6.45) is 0.546. The van der Waals surface area contributed by atoms with Crippen LogP contribution in [0.25, 0.3) is 11.0 Å². The SMILES string of the molecule is CCC1(C)C(=O)C(c2nc3ccccc3[nH]2)C(=N)N1c1cc(OC)cc(OC)c1. The molecule has 0 aliphatic carbocycles. The van der Waals surface area contributed by atoms with Crippen LogP contribution < -0.4 is 14.4 Å². The monoisotopic (exact) mass is 392 g/mol. The number of anilines is 1. The van der Waals surface area contributed by atoms with Gasteiger partial charge in [0.15, 0.2) is 5.78 Å². The van der Waals surface area contributed by atoms with Gasteiger partial charge in [-0.25, -0.2) is 4.98 Å². The van der Waals surface area contributed by atoms with Crippen LogP contribution in [0.4, 0.5) is 5.69 Å². The van der Waals surface area contributed by atoms with E-state index in [1.807, 2.05) is 50.2 Å². The van der Waals surface area contributed by atoms with E-state index in [1.165, 1.54) is 0 Å². The molecule has 2 unspecified atom stereocenters. The van der Waals surface area contributed by atoms with Crippen molar-refractivity contribution in [2.75, 3.05) is 19.1 Å². The second-order valence-corrected chi connectivity index (χ2v) is 7.36. The zero-order valence-corrected chi connectivity index (χ0v) is 16.9. The van der Waals surface area contributed by atoms with E-state index in [1.54, 1.807) is 25.2 Å². The number of nitrogens with one attached hydrogen (secondary N) is 2. The summed E-state index contributed by atoms with van der Waals surface area (Å²) in [6.45, 7) is 3.83. The molecule has 1 aliphatic heterocycles. The van der Waals surface area contributed by atoms with Gasteiger partial charge < -0.3 is 19.4 Å². The number of methoxy groups -OCH3 is 2. The van der Waals surface area contributed by atoms with E-state index in [0.717, 1.165) is 11.0 Å². The van der Waals surface area contributed by atoms with E-state index >= 15 is 0 Å². The van der Waals surface area contributed by atoms with Gasteiger partial charge in [-0.3, -0.25) is 10.2 Å². The van der Waals surface area contributed by atoms with Crippen molar-refractivity contribution >= 4 is 28.3 Å². The summed E-state index contributed by atoms with van der Waals surface area (Å²) in [4.78, 5) is 23.1. The highest BCUT2D eigenvalue weighted by atomic mass is 16.5. The number of hydrogen-bond donors (Lipinski definition) is 2. The number of aromatic amines is 1. The Balaban J connectivity index is 1.84. The van der Waals surface area contributed by atoms with Crippen molar-refractivity contribution in [1.82, 2.24) is 9.97 Å². The number of imidazole rings is 1. The van der Waals surface area contributed by atoms with Crippen LogP contribution in [0.2, 0.25) is 0 Å². The number of aromatic nitrogens is 2. The standard InChI is InChI=1S/C22H24N4O3/c1-5-22(2)19(27)18(21-24-16-8-6-7-9-17(16)25-21)20(23)26(22)13-10-14(28-3)12-15(11-13)29-4/h6-12,18,23H,5H2,1-4H3,(H,24,25). The van der Waals surface area contributed by atoms with Gasteiger partial charge in [0.05, 0.1) is 30.9 Å². The number of benzene rings is 2. The predicted octanol–water partition coefficient (Wildman–Crippen LogP) is 3.90. The fourth-order valence-corrected chi connectivity index (χ4v) is 3.98. The van der Waals surface area contributed by atoms with Crippen molar-refractivity contribution in [1.29, 1.82) is 5.41 Å². The van der Waals surface area contributed by atoms with Crippen LogP contribution in [0.3, 0.4) is 0 Å². The van der Waals surface area contributed by atoms with Crippen molar-refractivity contribution in [2.45, 2.75) is 31.7 Å². The molecule has 0 bridgehead atoms. The van der Waals surface area contributed by atoms with Gasteiger partial charge in [0.25, 0.3) is 0 Å². The Bertz CT molecular complexity index is 1050. The number of hydrogen-bond acceptors (Lipinski definition) is 5.